The van der Waals surface area contributed by atoms with Crippen LogP contribution in [-0.2, 0) is 19.1 Å². The van der Waals surface area contributed by atoms with Crippen molar-refractivity contribution in [1.82, 2.24) is 0 Å². The Morgan fingerprint density at radius 3 is 2.36 bits per heavy atom. The summed E-state index contributed by atoms with van der Waals surface area (Å²) < 4.78 is 9.18. The summed E-state index contributed by atoms with van der Waals surface area (Å²) in [7, 11) is 3.73. The number of hydrogen-bond acceptors (Lipinski definition) is 6. The molecule has 0 spiro atoms. The number of nitrogens with zero attached hydrogens (tertiary/aromatic N) is 1. The maximum Gasteiger partial charge on any atom is 0.360 e. The molecule has 0 aliphatic rings. The number of oxime groups is 1. The molecule has 1 rings (SSSR count). The monoisotopic (exact) mass is 345 g/mol. The SMILES string of the molecule is CON=C(C=Cc1c(Cl)ccc(C(=O)OC)c1Cl)C(=O)OC. The fraction of sp³-hybridized carbons (Fsp3) is 0.214. The first kappa shape index (κ1) is 18.0. The van der Waals surface area contributed by atoms with Gasteiger partial charge >= 0.3 is 11.9 Å². The van der Waals surface area contributed by atoms with Gasteiger partial charge in [0, 0.05) is 10.6 Å². The lowest BCUT2D eigenvalue weighted by molar-refractivity contribution is -0.132. The van der Waals surface area contributed by atoms with Crippen molar-refractivity contribution in [2.45, 2.75) is 0 Å². The Labute approximate surface area is 137 Å². The third-order valence-corrected chi connectivity index (χ3v) is 3.26. The van der Waals surface area contributed by atoms with Crippen LogP contribution in [-0.4, -0.2) is 39.0 Å². The van der Waals surface area contributed by atoms with Crippen molar-refractivity contribution >= 4 is 46.9 Å². The fourth-order valence-corrected chi connectivity index (χ4v) is 2.06. The molecule has 0 aromatic heterocycles. The van der Waals surface area contributed by atoms with Crippen molar-refractivity contribution < 1.29 is 23.9 Å². The number of benzene rings is 1. The highest BCUT2D eigenvalue weighted by Crippen LogP contribution is 2.30. The van der Waals surface area contributed by atoms with Crippen molar-refractivity contribution in [1.29, 1.82) is 0 Å². The molecule has 0 atom stereocenters. The molecule has 0 N–H and O–H groups in total. The molecule has 0 unspecified atom stereocenters. The maximum absolute atomic E-state index is 11.6. The van der Waals surface area contributed by atoms with Gasteiger partial charge in [0.2, 0.25) is 0 Å². The van der Waals surface area contributed by atoms with Crippen LogP contribution in [0.15, 0.2) is 23.4 Å². The fourth-order valence-electron chi connectivity index (χ4n) is 1.49. The largest absolute Gasteiger partial charge is 0.465 e. The third-order valence-electron chi connectivity index (χ3n) is 2.52. The van der Waals surface area contributed by atoms with E-state index in [1.807, 2.05) is 0 Å². The van der Waals surface area contributed by atoms with Crippen molar-refractivity contribution in [3.63, 3.8) is 0 Å². The number of carbonyl (C=O) groups is 2. The molecule has 0 saturated carbocycles. The minimum Gasteiger partial charge on any atom is -0.465 e. The summed E-state index contributed by atoms with van der Waals surface area (Å²) in [5.74, 6) is -1.30. The van der Waals surface area contributed by atoms with Crippen LogP contribution in [0.4, 0.5) is 0 Å². The first-order valence-electron chi connectivity index (χ1n) is 5.90. The van der Waals surface area contributed by atoms with Crippen LogP contribution >= 0.6 is 23.2 Å². The number of esters is 2. The quantitative estimate of drug-likeness (QED) is 0.466. The van der Waals surface area contributed by atoms with E-state index in [9.17, 15) is 9.59 Å². The number of halogens is 2. The highest BCUT2D eigenvalue weighted by Gasteiger charge is 2.16. The molecular weight excluding hydrogens is 333 g/mol. The molecule has 1 aromatic rings. The highest BCUT2D eigenvalue weighted by atomic mass is 35.5. The van der Waals surface area contributed by atoms with Gasteiger partial charge in [0.1, 0.15) is 7.11 Å². The van der Waals surface area contributed by atoms with Gasteiger partial charge < -0.3 is 14.3 Å². The summed E-state index contributed by atoms with van der Waals surface area (Å²) in [5.41, 5.74) is 0.385. The van der Waals surface area contributed by atoms with Crippen LogP contribution in [0.5, 0.6) is 0 Å². The zero-order valence-electron chi connectivity index (χ0n) is 12.1. The average Bonchev–Trinajstić information content (AvgIpc) is 2.52. The molecule has 0 amide bonds. The summed E-state index contributed by atoms with van der Waals surface area (Å²) in [6, 6.07) is 2.93. The van der Waals surface area contributed by atoms with Crippen LogP contribution < -0.4 is 0 Å². The van der Waals surface area contributed by atoms with Crippen molar-refractivity contribution in [3.8, 4) is 0 Å². The van der Waals surface area contributed by atoms with Gasteiger partial charge in [0.15, 0.2) is 5.71 Å². The lowest BCUT2D eigenvalue weighted by Gasteiger charge is -2.07. The van der Waals surface area contributed by atoms with Gasteiger partial charge in [-0.3, -0.25) is 0 Å². The number of rotatable bonds is 5. The van der Waals surface area contributed by atoms with E-state index in [-0.39, 0.29) is 21.3 Å². The molecule has 0 bridgehead atoms. The van der Waals surface area contributed by atoms with E-state index in [2.05, 4.69) is 19.5 Å². The van der Waals surface area contributed by atoms with E-state index in [1.165, 1.54) is 45.6 Å². The van der Waals surface area contributed by atoms with E-state index in [4.69, 9.17) is 23.2 Å². The molecule has 0 aliphatic heterocycles. The van der Waals surface area contributed by atoms with Crippen LogP contribution in [0.3, 0.4) is 0 Å². The number of ether oxygens (including phenoxy) is 2. The van der Waals surface area contributed by atoms with Crippen molar-refractivity contribution in [2.24, 2.45) is 5.16 Å². The minimum absolute atomic E-state index is 0.0947. The minimum atomic E-state index is -0.700. The predicted molar refractivity (Wildman–Crippen MR) is 83.3 cm³/mol. The van der Waals surface area contributed by atoms with Crippen molar-refractivity contribution in [3.05, 3.63) is 39.4 Å². The van der Waals surface area contributed by atoms with E-state index in [0.717, 1.165) is 0 Å². The second kappa shape index (κ2) is 8.41. The van der Waals surface area contributed by atoms with Gasteiger partial charge in [-0.1, -0.05) is 28.4 Å². The van der Waals surface area contributed by atoms with Gasteiger partial charge in [-0.25, -0.2) is 9.59 Å². The summed E-state index contributed by atoms with van der Waals surface area (Å²) in [5, 5.41) is 3.90. The smallest absolute Gasteiger partial charge is 0.360 e. The van der Waals surface area contributed by atoms with Gasteiger partial charge in [-0.2, -0.15) is 0 Å². The molecule has 6 nitrogen and oxygen atoms in total. The Kier molecular flexibility index (Phi) is 6.88. The Morgan fingerprint density at radius 2 is 1.82 bits per heavy atom. The van der Waals surface area contributed by atoms with Crippen LogP contribution in [0.25, 0.3) is 6.08 Å². The van der Waals surface area contributed by atoms with Gasteiger partial charge in [-0.05, 0) is 24.3 Å². The second-order valence-corrected chi connectivity index (χ2v) is 4.58. The number of carbonyl (C=O) groups excluding carboxylic acids is 2. The topological polar surface area (TPSA) is 74.2 Å². The summed E-state index contributed by atoms with van der Waals surface area (Å²) in [4.78, 5) is 27.6. The van der Waals surface area contributed by atoms with Gasteiger partial charge in [0.25, 0.3) is 0 Å². The standard InChI is InChI=1S/C14H13Cl2NO5/c1-20-13(18)9-4-6-10(15)8(12(9)16)5-7-11(17-22-3)14(19)21-2/h4-7H,1-3H3. The zero-order chi connectivity index (χ0) is 16.7. The normalized spacial score (nSPS) is 11.4. The van der Waals surface area contributed by atoms with Crippen molar-refractivity contribution in [2.75, 3.05) is 21.3 Å². The molecule has 0 saturated heterocycles. The predicted octanol–water partition coefficient (Wildman–Crippen LogP) is 2.97. The summed E-state index contributed by atoms with van der Waals surface area (Å²) >= 11 is 12.2. The van der Waals surface area contributed by atoms with E-state index in [0.29, 0.717) is 5.56 Å². The zero-order valence-corrected chi connectivity index (χ0v) is 13.6. The molecule has 1 aromatic carbocycles. The lowest BCUT2D eigenvalue weighted by atomic mass is 10.1. The van der Waals surface area contributed by atoms with Crippen LogP contribution in [0.2, 0.25) is 10.0 Å². The molecule has 118 valence electrons. The molecule has 0 heterocycles. The lowest BCUT2D eigenvalue weighted by Crippen LogP contribution is -2.13. The molecule has 0 fully saturated rings. The van der Waals surface area contributed by atoms with E-state index < -0.39 is 11.9 Å². The molecule has 0 aliphatic carbocycles. The number of hydrogen-bond donors (Lipinski definition) is 0. The first-order chi connectivity index (χ1) is 10.5. The van der Waals surface area contributed by atoms with Crippen LogP contribution in [0.1, 0.15) is 15.9 Å². The highest BCUT2D eigenvalue weighted by molar-refractivity contribution is 6.43. The molecule has 0 radical (unpaired) electrons. The number of methoxy groups -OCH3 is 2. The Morgan fingerprint density at radius 1 is 1.14 bits per heavy atom. The average molecular weight is 346 g/mol. The molecule has 22 heavy (non-hydrogen) atoms. The third kappa shape index (κ3) is 4.22. The van der Waals surface area contributed by atoms with Gasteiger partial charge in [0.05, 0.1) is 24.8 Å². The molecule has 8 heteroatoms. The first-order valence-corrected chi connectivity index (χ1v) is 6.65. The summed E-state index contributed by atoms with van der Waals surface area (Å²) in [6.45, 7) is 0. The Balaban J connectivity index is 3.27. The Hall–Kier alpha value is -2.05. The summed E-state index contributed by atoms with van der Waals surface area (Å²) in [6.07, 6.45) is 2.73. The van der Waals surface area contributed by atoms with Gasteiger partial charge in [-0.15, -0.1) is 0 Å². The molecular formula is C14H13Cl2NO5. The Bertz CT molecular complexity index is 640. The second-order valence-electron chi connectivity index (χ2n) is 3.80. The van der Waals surface area contributed by atoms with Crippen LogP contribution in [0, 0.1) is 0 Å². The van der Waals surface area contributed by atoms with E-state index in [1.54, 1.807) is 0 Å². The van der Waals surface area contributed by atoms with E-state index >= 15 is 0 Å². The maximum atomic E-state index is 11.6.